The lowest BCUT2D eigenvalue weighted by atomic mass is 9.96. The minimum Gasteiger partial charge on any atom is -0.351 e. The summed E-state index contributed by atoms with van der Waals surface area (Å²) in [6.07, 6.45) is 3.69. The number of benzene rings is 1. The summed E-state index contributed by atoms with van der Waals surface area (Å²) in [7, 11) is 0. The minimum absolute atomic E-state index is 0.0292. The first-order valence-electron chi connectivity index (χ1n) is 10.6. The fourth-order valence-electron chi connectivity index (χ4n) is 4.75. The first kappa shape index (κ1) is 20.8. The molecule has 1 fully saturated rings. The van der Waals surface area contributed by atoms with Gasteiger partial charge in [-0.15, -0.1) is 11.3 Å². The quantitative estimate of drug-likeness (QED) is 0.394. The lowest BCUT2D eigenvalue weighted by Gasteiger charge is -2.28. The average Bonchev–Trinajstić information content (AvgIpc) is 3.46. The molecule has 1 aliphatic heterocycles. The molecule has 1 aromatic carbocycles. The van der Waals surface area contributed by atoms with Crippen LogP contribution in [0.25, 0.3) is 5.13 Å². The molecule has 0 saturated carbocycles. The predicted octanol–water partition coefficient (Wildman–Crippen LogP) is 5.74. The zero-order chi connectivity index (χ0) is 22.4. The van der Waals surface area contributed by atoms with Crippen LogP contribution in [0.5, 0.6) is 0 Å². The third-order valence-corrected chi connectivity index (χ3v) is 7.05. The number of aromatic nitrogens is 3. The molecule has 162 valence electrons. The molecule has 2 atom stereocenters. The lowest BCUT2D eigenvalue weighted by Crippen LogP contribution is -2.29. The molecule has 1 saturated heterocycles. The smallest absolute Gasteiger partial charge is 0.193 e. The third kappa shape index (κ3) is 3.51. The maximum absolute atomic E-state index is 5.90. The Kier molecular flexibility index (Phi) is 5.31. The Bertz CT molecular complexity index is 1260. The Balaban J connectivity index is 1.70. The van der Waals surface area contributed by atoms with Gasteiger partial charge in [0.05, 0.1) is 17.8 Å². The molecule has 0 spiro atoms. The molecule has 5 nitrogen and oxygen atoms in total. The zero-order valence-electron chi connectivity index (χ0n) is 18.5. The van der Waals surface area contributed by atoms with Crippen molar-refractivity contribution < 1.29 is 0 Å². The first-order chi connectivity index (χ1) is 15.4. The second kappa shape index (κ2) is 8.15. The van der Waals surface area contributed by atoms with Crippen LogP contribution in [0.3, 0.4) is 0 Å². The van der Waals surface area contributed by atoms with Crippen LogP contribution in [0.2, 0.25) is 0 Å². The average molecular weight is 460 g/mol. The van der Waals surface area contributed by atoms with Crippen LogP contribution < -0.4 is 10.2 Å². The van der Waals surface area contributed by atoms with E-state index < -0.39 is 0 Å². The van der Waals surface area contributed by atoms with Gasteiger partial charge in [-0.05, 0) is 86.9 Å². The van der Waals surface area contributed by atoms with E-state index in [9.17, 15) is 0 Å². The Morgan fingerprint density at radius 3 is 2.41 bits per heavy atom. The van der Waals surface area contributed by atoms with Gasteiger partial charge in [0.1, 0.15) is 0 Å². The van der Waals surface area contributed by atoms with E-state index in [0.29, 0.717) is 0 Å². The van der Waals surface area contributed by atoms with Crippen LogP contribution >= 0.6 is 23.6 Å². The molecule has 3 aromatic heterocycles. The molecule has 4 heterocycles. The van der Waals surface area contributed by atoms with Crippen molar-refractivity contribution in [3.05, 3.63) is 94.0 Å². The topological polar surface area (TPSA) is 46.0 Å². The summed E-state index contributed by atoms with van der Waals surface area (Å²) in [5, 5.41) is 7.28. The number of thiazole rings is 1. The van der Waals surface area contributed by atoms with Crippen LogP contribution in [0.4, 0.5) is 5.69 Å². The molecule has 0 amide bonds. The Labute approximate surface area is 197 Å². The Morgan fingerprint density at radius 2 is 1.75 bits per heavy atom. The van der Waals surface area contributed by atoms with Crippen molar-refractivity contribution in [2.75, 3.05) is 4.90 Å². The maximum atomic E-state index is 5.90. The van der Waals surface area contributed by atoms with Crippen LogP contribution in [0.1, 0.15) is 45.9 Å². The van der Waals surface area contributed by atoms with Gasteiger partial charge in [0.15, 0.2) is 10.2 Å². The number of hydrogen-bond acceptors (Lipinski definition) is 4. The van der Waals surface area contributed by atoms with E-state index in [1.54, 1.807) is 11.3 Å². The molecular formula is C25H25N5S2. The van der Waals surface area contributed by atoms with E-state index in [4.69, 9.17) is 12.2 Å². The summed E-state index contributed by atoms with van der Waals surface area (Å²) < 4.78 is 2.23. The molecule has 7 heteroatoms. The standard InChI is InChI=1S/C25H25N5S2/c1-15-11-16(2)13-19(12-15)30-23(22(28-24(30)31)21-7-5-6-8-26-21)20-14-17(3)29(18(20)4)25-27-9-10-32-25/h5-14,22-23H,1-4H3,(H,28,31)/t22-,23-/m1/s1. The van der Waals surface area contributed by atoms with Gasteiger partial charge in [0, 0.05) is 34.8 Å². The van der Waals surface area contributed by atoms with Gasteiger partial charge in [-0.2, -0.15) is 0 Å². The van der Waals surface area contributed by atoms with Crippen molar-refractivity contribution in [1.82, 2.24) is 19.9 Å². The van der Waals surface area contributed by atoms with Gasteiger partial charge in [-0.1, -0.05) is 12.1 Å². The van der Waals surface area contributed by atoms with Crippen LogP contribution in [-0.2, 0) is 0 Å². The maximum Gasteiger partial charge on any atom is 0.193 e. The number of thiocarbonyl (C=S) groups is 1. The Morgan fingerprint density at radius 1 is 0.969 bits per heavy atom. The number of aryl methyl sites for hydroxylation is 3. The third-order valence-electron chi connectivity index (χ3n) is 5.98. The monoisotopic (exact) mass is 459 g/mol. The fraction of sp³-hybridized carbons (Fsp3) is 0.240. The molecule has 0 unspecified atom stereocenters. The SMILES string of the molecule is Cc1cc(C)cc(N2C(=S)N[C@H](c3ccccn3)[C@H]2c2cc(C)n(-c3nccs3)c2C)c1. The van der Waals surface area contributed by atoms with Crippen molar-refractivity contribution in [3.63, 3.8) is 0 Å². The molecule has 5 rings (SSSR count). The molecule has 0 radical (unpaired) electrons. The summed E-state index contributed by atoms with van der Waals surface area (Å²) in [5.74, 6) is 0. The van der Waals surface area contributed by atoms with Gasteiger partial charge in [-0.3, -0.25) is 9.55 Å². The van der Waals surface area contributed by atoms with E-state index in [1.807, 2.05) is 29.9 Å². The highest BCUT2D eigenvalue weighted by Gasteiger charge is 2.42. The second-order valence-electron chi connectivity index (χ2n) is 8.32. The summed E-state index contributed by atoms with van der Waals surface area (Å²) in [5.41, 5.74) is 8.06. The van der Waals surface area contributed by atoms with E-state index in [2.05, 4.69) is 82.8 Å². The molecule has 4 aromatic rings. The number of nitrogens with one attached hydrogen (secondary N) is 1. The van der Waals surface area contributed by atoms with Gasteiger partial charge in [-0.25, -0.2) is 4.98 Å². The highest BCUT2D eigenvalue weighted by molar-refractivity contribution is 7.80. The van der Waals surface area contributed by atoms with Crippen molar-refractivity contribution in [1.29, 1.82) is 0 Å². The van der Waals surface area contributed by atoms with Crippen molar-refractivity contribution in [2.45, 2.75) is 39.8 Å². The zero-order valence-corrected chi connectivity index (χ0v) is 20.2. The van der Waals surface area contributed by atoms with Crippen molar-refractivity contribution in [3.8, 4) is 5.13 Å². The Hall–Kier alpha value is -3.03. The predicted molar refractivity (Wildman–Crippen MR) is 135 cm³/mol. The second-order valence-corrected chi connectivity index (χ2v) is 9.58. The number of rotatable bonds is 4. The number of nitrogens with zero attached hydrogens (tertiary/aromatic N) is 4. The van der Waals surface area contributed by atoms with Crippen LogP contribution in [0.15, 0.2) is 60.2 Å². The highest BCUT2D eigenvalue weighted by Crippen LogP contribution is 2.44. The number of anilines is 1. The highest BCUT2D eigenvalue weighted by atomic mass is 32.1. The van der Waals surface area contributed by atoms with E-state index >= 15 is 0 Å². The lowest BCUT2D eigenvalue weighted by molar-refractivity contribution is 0.565. The molecule has 0 aliphatic carbocycles. The van der Waals surface area contributed by atoms with E-state index in [0.717, 1.165) is 27.3 Å². The van der Waals surface area contributed by atoms with Crippen LogP contribution in [-0.4, -0.2) is 19.6 Å². The summed E-state index contributed by atoms with van der Waals surface area (Å²) >= 11 is 7.54. The van der Waals surface area contributed by atoms with Crippen molar-refractivity contribution in [2.24, 2.45) is 0 Å². The van der Waals surface area contributed by atoms with Gasteiger partial charge in [0.2, 0.25) is 0 Å². The van der Waals surface area contributed by atoms with Gasteiger partial charge >= 0.3 is 0 Å². The number of hydrogen-bond donors (Lipinski definition) is 1. The summed E-state index contributed by atoms with van der Waals surface area (Å²) in [6.45, 7) is 8.56. The molecule has 1 N–H and O–H groups in total. The van der Waals surface area contributed by atoms with Crippen molar-refractivity contribution >= 4 is 34.4 Å². The summed E-state index contributed by atoms with van der Waals surface area (Å²) in [4.78, 5) is 11.5. The first-order valence-corrected chi connectivity index (χ1v) is 11.9. The molecule has 32 heavy (non-hydrogen) atoms. The normalized spacial score (nSPS) is 18.2. The molecular weight excluding hydrogens is 434 g/mol. The number of pyridine rings is 1. The van der Waals surface area contributed by atoms with Gasteiger partial charge < -0.3 is 10.2 Å². The van der Waals surface area contributed by atoms with E-state index in [1.165, 1.54) is 22.4 Å². The van der Waals surface area contributed by atoms with Crippen LogP contribution in [0, 0.1) is 27.7 Å². The van der Waals surface area contributed by atoms with E-state index in [-0.39, 0.29) is 12.1 Å². The molecule has 0 bridgehead atoms. The minimum atomic E-state index is -0.0604. The summed E-state index contributed by atoms with van der Waals surface area (Å²) in [6, 6.07) is 14.8. The largest absolute Gasteiger partial charge is 0.351 e. The molecule has 1 aliphatic rings. The fourth-order valence-corrected chi connectivity index (χ4v) is 5.84. The van der Waals surface area contributed by atoms with Gasteiger partial charge in [0.25, 0.3) is 0 Å².